The van der Waals surface area contributed by atoms with Gasteiger partial charge in [0.05, 0.1) is 13.2 Å². The van der Waals surface area contributed by atoms with E-state index in [0.29, 0.717) is 5.96 Å². The highest BCUT2D eigenvalue weighted by Crippen LogP contribution is 2.30. The van der Waals surface area contributed by atoms with E-state index in [1.165, 1.54) is 17.4 Å². The lowest BCUT2D eigenvalue weighted by Gasteiger charge is -2.20. The minimum Gasteiger partial charge on any atom is -0.497 e. The third kappa shape index (κ3) is 3.17. The van der Waals surface area contributed by atoms with Gasteiger partial charge in [-0.15, -0.1) is 0 Å². The van der Waals surface area contributed by atoms with Crippen molar-refractivity contribution in [1.82, 2.24) is 15.8 Å². The first-order valence-electron chi connectivity index (χ1n) is 7.74. The molecule has 22 heavy (non-hydrogen) atoms. The number of aromatic amines is 1. The number of guanidine groups is 1. The van der Waals surface area contributed by atoms with E-state index >= 15 is 0 Å². The van der Waals surface area contributed by atoms with Crippen LogP contribution < -0.4 is 21.3 Å². The van der Waals surface area contributed by atoms with Gasteiger partial charge in [-0.3, -0.25) is 10.4 Å². The number of ether oxygens (including phenoxy) is 1. The molecule has 5 N–H and O–H groups in total. The normalized spacial score (nSPS) is 20.2. The highest BCUT2D eigenvalue weighted by molar-refractivity contribution is 5.85. The van der Waals surface area contributed by atoms with Crippen molar-refractivity contribution in [2.45, 2.75) is 31.7 Å². The smallest absolute Gasteiger partial charge is 0.203 e. The Hall–Kier alpha value is -2.21. The monoisotopic (exact) mass is 301 g/mol. The number of benzene rings is 1. The Morgan fingerprint density at radius 1 is 1.27 bits per heavy atom. The van der Waals surface area contributed by atoms with Crippen molar-refractivity contribution in [3.8, 4) is 5.75 Å². The van der Waals surface area contributed by atoms with Gasteiger partial charge in [-0.2, -0.15) is 0 Å². The minimum absolute atomic E-state index is 0.174. The van der Waals surface area contributed by atoms with Crippen molar-refractivity contribution < 1.29 is 4.74 Å². The molecule has 0 radical (unpaired) electrons. The molecule has 0 saturated carbocycles. The number of rotatable bonds is 2. The van der Waals surface area contributed by atoms with Crippen molar-refractivity contribution in [2.75, 3.05) is 13.7 Å². The van der Waals surface area contributed by atoms with Gasteiger partial charge in [0.15, 0.2) is 0 Å². The standard InChI is InChI=1S/C16H23N5O/c1-22-11-6-7-14-12(9-11)13(10-19-14)15-5-3-2-4-8-18-16(17)21-20-15/h6-7,9-10,15,19-20H,2-5,8H2,1H3,(H3,17,18,21). The quantitative estimate of drug-likeness (QED) is 0.685. The molecule has 118 valence electrons. The molecular weight excluding hydrogens is 278 g/mol. The highest BCUT2D eigenvalue weighted by Gasteiger charge is 2.17. The van der Waals surface area contributed by atoms with Gasteiger partial charge in [0.2, 0.25) is 5.96 Å². The number of hydrazine groups is 1. The first kappa shape index (κ1) is 14.7. The Morgan fingerprint density at radius 2 is 2.18 bits per heavy atom. The van der Waals surface area contributed by atoms with Crippen LogP contribution in [0.5, 0.6) is 5.75 Å². The van der Waals surface area contributed by atoms with Gasteiger partial charge in [-0.1, -0.05) is 12.8 Å². The van der Waals surface area contributed by atoms with E-state index in [1.807, 2.05) is 12.1 Å². The average molecular weight is 301 g/mol. The van der Waals surface area contributed by atoms with Gasteiger partial charge < -0.3 is 15.5 Å². The van der Waals surface area contributed by atoms with Crippen molar-refractivity contribution in [3.63, 3.8) is 0 Å². The van der Waals surface area contributed by atoms with Crippen LogP contribution in [0.4, 0.5) is 0 Å². The third-order valence-electron chi connectivity index (χ3n) is 4.10. The SMILES string of the molecule is COc1ccc2[nH]cc(C3CCCCCN=C(N)NN3)c2c1. The molecule has 1 aliphatic heterocycles. The Kier molecular flexibility index (Phi) is 4.48. The Bertz CT molecular complexity index is 664. The summed E-state index contributed by atoms with van der Waals surface area (Å²) in [6.07, 6.45) is 6.51. The molecule has 0 amide bonds. The summed E-state index contributed by atoms with van der Waals surface area (Å²) in [7, 11) is 1.69. The number of hydrogen-bond donors (Lipinski definition) is 4. The second-order valence-corrected chi connectivity index (χ2v) is 5.59. The van der Waals surface area contributed by atoms with E-state index in [0.717, 1.165) is 37.1 Å². The van der Waals surface area contributed by atoms with E-state index < -0.39 is 0 Å². The molecule has 1 unspecified atom stereocenters. The van der Waals surface area contributed by atoms with E-state index in [1.54, 1.807) is 7.11 Å². The van der Waals surface area contributed by atoms with E-state index in [4.69, 9.17) is 10.5 Å². The minimum atomic E-state index is 0.174. The van der Waals surface area contributed by atoms with Gasteiger partial charge in [-0.25, -0.2) is 5.43 Å². The molecule has 6 nitrogen and oxygen atoms in total. The van der Waals surface area contributed by atoms with Crippen LogP contribution in [-0.4, -0.2) is 24.6 Å². The van der Waals surface area contributed by atoms with Crippen LogP contribution in [0, 0.1) is 0 Å². The van der Waals surface area contributed by atoms with E-state index in [9.17, 15) is 0 Å². The Balaban J connectivity index is 1.89. The van der Waals surface area contributed by atoms with Crippen molar-refractivity contribution >= 4 is 16.9 Å². The molecule has 2 heterocycles. The molecule has 0 saturated heterocycles. The number of fused-ring (bicyclic) bond motifs is 1. The molecule has 2 aromatic rings. The first-order chi connectivity index (χ1) is 10.8. The molecule has 1 aromatic carbocycles. The molecule has 0 bridgehead atoms. The predicted octanol–water partition coefficient (Wildman–Crippen LogP) is 2.20. The zero-order valence-electron chi connectivity index (χ0n) is 12.9. The maximum atomic E-state index is 5.85. The topological polar surface area (TPSA) is 87.5 Å². The fourth-order valence-electron chi connectivity index (χ4n) is 2.88. The Morgan fingerprint density at radius 3 is 3.05 bits per heavy atom. The lowest BCUT2D eigenvalue weighted by molar-refractivity contribution is 0.415. The molecular formula is C16H23N5O. The number of hydrogen-bond acceptors (Lipinski definition) is 5. The van der Waals surface area contributed by atoms with Crippen molar-refractivity contribution in [1.29, 1.82) is 0 Å². The predicted molar refractivity (Wildman–Crippen MR) is 88.8 cm³/mol. The van der Waals surface area contributed by atoms with E-state index in [-0.39, 0.29) is 6.04 Å². The molecule has 0 fully saturated rings. The maximum Gasteiger partial charge on any atom is 0.203 e. The summed E-state index contributed by atoms with van der Waals surface area (Å²) in [5.41, 5.74) is 14.5. The van der Waals surface area contributed by atoms with Gasteiger partial charge >= 0.3 is 0 Å². The number of nitrogens with two attached hydrogens (primary N) is 1. The largest absolute Gasteiger partial charge is 0.497 e. The van der Waals surface area contributed by atoms with Gasteiger partial charge in [0.1, 0.15) is 5.75 Å². The third-order valence-corrected chi connectivity index (χ3v) is 4.10. The first-order valence-corrected chi connectivity index (χ1v) is 7.74. The average Bonchev–Trinajstić information content (AvgIpc) is 2.96. The van der Waals surface area contributed by atoms with E-state index in [2.05, 4.69) is 33.1 Å². The molecule has 1 atom stereocenters. The fraction of sp³-hybridized carbons (Fsp3) is 0.438. The molecule has 3 rings (SSSR count). The summed E-state index contributed by atoms with van der Waals surface area (Å²) in [4.78, 5) is 7.61. The molecule has 0 spiro atoms. The van der Waals surface area contributed by atoms with Crippen LogP contribution in [0.15, 0.2) is 29.4 Å². The number of H-pyrrole nitrogens is 1. The highest BCUT2D eigenvalue weighted by atomic mass is 16.5. The molecule has 0 aliphatic carbocycles. The summed E-state index contributed by atoms with van der Waals surface area (Å²) < 4.78 is 5.34. The number of nitrogens with one attached hydrogen (secondary N) is 3. The zero-order chi connectivity index (χ0) is 15.4. The summed E-state index contributed by atoms with van der Waals surface area (Å²) in [6.45, 7) is 0.787. The summed E-state index contributed by atoms with van der Waals surface area (Å²) in [6, 6.07) is 6.25. The fourth-order valence-corrected chi connectivity index (χ4v) is 2.88. The van der Waals surface area contributed by atoms with Gasteiger partial charge in [0, 0.05) is 23.6 Å². The van der Waals surface area contributed by atoms with Crippen LogP contribution in [0.2, 0.25) is 0 Å². The van der Waals surface area contributed by atoms with Crippen LogP contribution in [0.1, 0.15) is 37.3 Å². The second-order valence-electron chi connectivity index (χ2n) is 5.59. The van der Waals surface area contributed by atoms with Gasteiger partial charge in [-0.05, 0) is 36.6 Å². The Labute approximate surface area is 130 Å². The van der Waals surface area contributed by atoms with Crippen molar-refractivity contribution in [3.05, 3.63) is 30.0 Å². The number of aromatic nitrogens is 1. The van der Waals surface area contributed by atoms with Crippen molar-refractivity contribution in [2.24, 2.45) is 10.7 Å². The molecule has 1 aromatic heterocycles. The lowest BCUT2D eigenvalue weighted by Crippen LogP contribution is -2.44. The number of methoxy groups -OCH3 is 1. The number of aliphatic imine (C=N–C) groups is 1. The summed E-state index contributed by atoms with van der Waals surface area (Å²) in [5.74, 6) is 1.31. The summed E-state index contributed by atoms with van der Waals surface area (Å²) >= 11 is 0. The lowest BCUT2D eigenvalue weighted by atomic mass is 10.00. The molecule has 6 heteroatoms. The van der Waals surface area contributed by atoms with Crippen LogP contribution >= 0.6 is 0 Å². The summed E-state index contributed by atoms with van der Waals surface area (Å²) in [5, 5.41) is 1.17. The van der Waals surface area contributed by atoms with Crippen LogP contribution in [0.25, 0.3) is 10.9 Å². The molecule has 1 aliphatic rings. The number of nitrogens with zero attached hydrogens (tertiary/aromatic N) is 1. The zero-order valence-corrected chi connectivity index (χ0v) is 12.9. The van der Waals surface area contributed by atoms with Gasteiger partial charge in [0.25, 0.3) is 0 Å². The van der Waals surface area contributed by atoms with Crippen LogP contribution in [0.3, 0.4) is 0 Å². The maximum absolute atomic E-state index is 5.85. The van der Waals surface area contributed by atoms with Crippen LogP contribution in [-0.2, 0) is 0 Å². The second kappa shape index (κ2) is 6.70.